The molecule has 2 nitrogen and oxygen atoms in total. The number of aryl methyl sites for hydroxylation is 1. The maximum absolute atomic E-state index is 10.4. The van der Waals surface area contributed by atoms with E-state index in [9.17, 15) is 4.79 Å². The van der Waals surface area contributed by atoms with E-state index in [4.69, 9.17) is 4.74 Å². The Kier molecular flexibility index (Phi) is 2.53. The number of fused-ring (bicyclic) bond motifs is 1. The van der Waals surface area contributed by atoms with E-state index in [1.807, 2.05) is 6.07 Å². The first kappa shape index (κ1) is 9.25. The highest BCUT2D eigenvalue weighted by atomic mass is 16.5. The van der Waals surface area contributed by atoms with Crippen molar-refractivity contribution in [3.63, 3.8) is 0 Å². The minimum absolute atomic E-state index is 0.608. The summed E-state index contributed by atoms with van der Waals surface area (Å²) in [6, 6.07) is 4.10. The predicted octanol–water partition coefficient (Wildman–Crippen LogP) is 2.06. The maximum atomic E-state index is 10.4. The summed E-state index contributed by atoms with van der Waals surface area (Å²) in [4.78, 5) is 10.4. The lowest BCUT2D eigenvalue weighted by Crippen LogP contribution is -1.96. The zero-order chi connectivity index (χ0) is 9.97. The summed E-state index contributed by atoms with van der Waals surface area (Å²) in [5.41, 5.74) is 3.90. The van der Waals surface area contributed by atoms with E-state index < -0.39 is 0 Å². The number of carbonyl (C=O) groups is 1. The molecule has 0 bridgehead atoms. The summed E-state index contributed by atoms with van der Waals surface area (Å²) in [6.07, 6.45) is 3.43. The fourth-order valence-corrected chi connectivity index (χ4v) is 2.01. The van der Waals surface area contributed by atoms with Crippen LogP contribution in [-0.2, 0) is 17.6 Å². The molecule has 0 fully saturated rings. The average Bonchev–Trinajstić information content (AvgIpc) is 2.64. The van der Waals surface area contributed by atoms with E-state index in [0.29, 0.717) is 6.42 Å². The standard InChI is InChI=1S/C12H14O2/c1-9-4-5-12-11(6-8-14-12)10(9)3-2-7-13/h4-5,7H,2-3,6,8H2,1H3. The number of rotatable bonds is 3. The molecule has 0 spiro atoms. The van der Waals surface area contributed by atoms with Crippen LogP contribution in [0.2, 0.25) is 0 Å². The molecule has 1 heterocycles. The molecule has 0 unspecified atom stereocenters. The molecule has 14 heavy (non-hydrogen) atoms. The van der Waals surface area contributed by atoms with Gasteiger partial charge >= 0.3 is 0 Å². The van der Waals surface area contributed by atoms with Crippen LogP contribution in [0.1, 0.15) is 23.1 Å². The van der Waals surface area contributed by atoms with Crippen molar-refractivity contribution in [3.05, 3.63) is 28.8 Å². The van der Waals surface area contributed by atoms with Crippen molar-refractivity contribution in [1.82, 2.24) is 0 Å². The van der Waals surface area contributed by atoms with E-state index >= 15 is 0 Å². The van der Waals surface area contributed by atoms with Gasteiger partial charge in [0.2, 0.25) is 0 Å². The average molecular weight is 190 g/mol. The number of hydrogen-bond acceptors (Lipinski definition) is 2. The Labute approximate surface area is 83.9 Å². The number of benzene rings is 1. The summed E-state index contributed by atoms with van der Waals surface area (Å²) in [5.74, 6) is 1.01. The van der Waals surface area contributed by atoms with Gasteiger partial charge in [-0.25, -0.2) is 0 Å². The molecule has 0 aliphatic carbocycles. The van der Waals surface area contributed by atoms with Gasteiger partial charge in [0, 0.05) is 18.4 Å². The predicted molar refractivity (Wildman–Crippen MR) is 54.8 cm³/mol. The van der Waals surface area contributed by atoms with Crippen LogP contribution in [0.4, 0.5) is 0 Å². The molecule has 0 saturated carbocycles. The Balaban J connectivity index is 2.36. The Bertz CT molecular complexity index is 356. The Morgan fingerprint density at radius 2 is 2.36 bits per heavy atom. The summed E-state index contributed by atoms with van der Waals surface area (Å²) in [5, 5.41) is 0. The topological polar surface area (TPSA) is 26.3 Å². The number of ether oxygens (including phenoxy) is 1. The number of aldehydes is 1. The van der Waals surface area contributed by atoms with Crippen molar-refractivity contribution in [2.75, 3.05) is 6.61 Å². The maximum Gasteiger partial charge on any atom is 0.122 e. The Morgan fingerprint density at radius 1 is 1.50 bits per heavy atom. The minimum Gasteiger partial charge on any atom is -0.493 e. The molecule has 2 heteroatoms. The van der Waals surface area contributed by atoms with Gasteiger partial charge in [-0.05, 0) is 30.5 Å². The third-order valence-corrected chi connectivity index (χ3v) is 2.74. The summed E-state index contributed by atoms with van der Waals surface area (Å²) >= 11 is 0. The summed E-state index contributed by atoms with van der Waals surface area (Å²) in [6.45, 7) is 2.88. The van der Waals surface area contributed by atoms with E-state index in [1.165, 1.54) is 16.7 Å². The molecular formula is C12H14O2. The molecule has 0 saturated heterocycles. The second-order valence-corrected chi connectivity index (χ2v) is 3.64. The Morgan fingerprint density at radius 3 is 3.14 bits per heavy atom. The van der Waals surface area contributed by atoms with Gasteiger partial charge in [-0.15, -0.1) is 0 Å². The summed E-state index contributed by atoms with van der Waals surface area (Å²) in [7, 11) is 0. The van der Waals surface area contributed by atoms with Gasteiger partial charge in [-0.2, -0.15) is 0 Å². The second kappa shape index (κ2) is 3.82. The minimum atomic E-state index is 0.608. The van der Waals surface area contributed by atoms with Crippen molar-refractivity contribution in [1.29, 1.82) is 0 Å². The normalized spacial score (nSPS) is 13.5. The fourth-order valence-electron chi connectivity index (χ4n) is 2.01. The quantitative estimate of drug-likeness (QED) is 0.682. The molecule has 74 valence electrons. The smallest absolute Gasteiger partial charge is 0.122 e. The van der Waals surface area contributed by atoms with Gasteiger partial charge in [-0.1, -0.05) is 6.07 Å². The van der Waals surface area contributed by atoms with Crippen molar-refractivity contribution in [3.8, 4) is 5.75 Å². The highest BCUT2D eigenvalue weighted by Gasteiger charge is 2.16. The molecule has 0 atom stereocenters. The molecule has 1 aromatic rings. The first-order chi connectivity index (χ1) is 6.83. The van der Waals surface area contributed by atoms with Crippen molar-refractivity contribution >= 4 is 6.29 Å². The van der Waals surface area contributed by atoms with Gasteiger partial charge in [-0.3, -0.25) is 0 Å². The molecule has 2 rings (SSSR count). The number of carbonyl (C=O) groups excluding carboxylic acids is 1. The molecule has 1 aromatic carbocycles. The second-order valence-electron chi connectivity index (χ2n) is 3.64. The molecule has 0 radical (unpaired) electrons. The van der Waals surface area contributed by atoms with Crippen molar-refractivity contribution in [2.24, 2.45) is 0 Å². The van der Waals surface area contributed by atoms with Crippen LogP contribution in [0.25, 0.3) is 0 Å². The van der Waals surface area contributed by atoms with Crippen molar-refractivity contribution in [2.45, 2.75) is 26.2 Å². The molecule has 0 aromatic heterocycles. The van der Waals surface area contributed by atoms with Crippen LogP contribution in [0.15, 0.2) is 12.1 Å². The highest BCUT2D eigenvalue weighted by molar-refractivity contribution is 5.53. The van der Waals surface area contributed by atoms with Crippen LogP contribution < -0.4 is 4.74 Å². The zero-order valence-electron chi connectivity index (χ0n) is 8.38. The zero-order valence-corrected chi connectivity index (χ0v) is 8.38. The van der Waals surface area contributed by atoms with Crippen LogP contribution in [0.3, 0.4) is 0 Å². The van der Waals surface area contributed by atoms with Gasteiger partial charge in [0.05, 0.1) is 6.61 Å². The van der Waals surface area contributed by atoms with Crippen LogP contribution in [0, 0.1) is 6.92 Å². The van der Waals surface area contributed by atoms with Crippen LogP contribution >= 0.6 is 0 Å². The third kappa shape index (κ3) is 1.52. The largest absolute Gasteiger partial charge is 0.493 e. The Hall–Kier alpha value is -1.31. The molecule has 0 amide bonds. The first-order valence-corrected chi connectivity index (χ1v) is 5.00. The van der Waals surface area contributed by atoms with Crippen LogP contribution in [0.5, 0.6) is 5.75 Å². The van der Waals surface area contributed by atoms with E-state index in [0.717, 1.165) is 31.5 Å². The first-order valence-electron chi connectivity index (χ1n) is 5.00. The summed E-state index contributed by atoms with van der Waals surface area (Å²) < 4.78 is 5.49. The fraction of sp³-hybridized carbons (Fsp3) is 0.417. The SMILES string of the molecule is Cc1ccc2c(c1CCC=O)CCO2. The number of hydrogen-bond donors (Lipinski definition) is 0. The van der Waals surface area contributed by atoms with Gasteiger partial charge in [0.25, 0.3) is 0 Å². The lowest BCUT2D eigenvalue weighted by Gasteiger charge is -2.08. The monoisotopic (exact) mass is 190 g/mol. The third-order valence-electron chi connectivity index (χ3n) is 2.74. The highest BCUT2D eigenvalue weighted by Crippen LogP contribution is 2.30. The molecule has 0 N–H and O–H groups in total. The van der Waals surface area contributed by atoms with Gasteiger partial charge in [0.1, 0.15) is 12.0 Å². The van der Waals surface area contributed by atoms with Gasteiger partial charge < -0.3 is 9.53 Å². The van der Waals surface area contributed by atoms with E-state index in [2.05, 4.69) is 13.0 Å². The molecule has 1 aliphatic rings. The lowest BCUT2D eigenvalue weighted by molar-refractivity contribution is -0.107. The molecule has 1 aliphatic heterocycles. The molecular weight excluding hydrogens is 176 g/mol. The van der Waals surface area contributed by atoms with Crippen molar-refractivity contribution < 1.29 is 9.53 Å². The lowest BCUT2D eigenvalue weighted by atomic mass is 9.96. The van der Waals surface area contributed by atoms with E-state index in [-0.39, 0.29) is 0 Å². The van der Waals surface area contributed by atoms with Crippen LogP contribution in [-0.4, -0.2) is 12.9 Å². The van der Waals surface area contributed by atoms with Gasteiger partial charge in [0.15, 0.2) is 0 Å². The van der Waals surface area contributed by atoms with E-state index in [1.54, 1.807) is 0 Å².